The Balaban J connectivity index is 2.34. The Kier molecular flexibility index (Phi) is 11.7. The molecule has 0 unspecified atom stereocenters. The summed E-state index contributed by atoms with van der Waals surface area (Å²) < 4.78 is 0. The molecule has 0 bridgehead atoms. The van der Waals surface area contributed by atoms with Crippen LogP contribution in [0.2, 0.25) is 0 Å². The largest absolute Gasteiger partial charge is 0.481 e. The number of aliphatic hydroxyl groups excluding tert-OH is 3. The summed E-state index contributed by atoms with van der Waals surface area (Å²) in [5.74, 6) is -0.936. The molecule has 0 heterocycles. The van der Waals surface area contributed by atoms with Gasteiger partial charge in [-0.3, -0.25) is 4.79 Å². The number of carbonyl (C=O) groups is 1. The predicted molar refractivity (Wildman–Crippen MR) is 107 cm³/mol. The van der Waals surface area contributed by atoms with Crippen molar-refractivity contribution < 1.29 is 25.2 Å². The fourth-order valence-electron chi connectivity index (χ4n) is 3.22. The first kappa shape index (κ1) is 23.3. The Morgan fingerprint density at radius 1 is 1.04 bits per heavy atom. The molecule has 1 rings (SSSR count). The highest BCUT2D eigenvalue weighted by Gasteiger charge is 2.39. The third kappa shape index (κ3) is 9.70. The molecule has 4 N–H and O–H groups in total. The van der Waals surface area contributed by atoms with Crippen molar-refractivity contribution >= 4 is 5.97 Å². The fourth-order valence-corrected chi connectivity index (χ4v) is 3.22. The highest BCUT2D eigenvalue weighted by Crippen LogP contribution is 2.36. The van der Waals surface area contributed by atoms with Gasteiger partial charge in [0.2, 0.25) is 0 Å². The lowest BCUT2D eigenvalue weighted by atomic mass is 9.89. The second-order valence-corrected chi connectivity index (χ2v) is 7.03. The molecule has 0 radical (unpaired) electrons. The molecule has 1 saturated carbocycles. The summed E-state index contributed by atoms with van der Waals surface area (Å²) in [4.78, 5) is 10.4. The molecule has 0 aromatic carbocycles. The standard InChI is InChI=1S/C22H34O5/c1-2-17(23)14-15-19-18(20(24)16-21(19)25)12-10-8-6-4-3-5-7-9-11-13-22(26)27/h3-4,7-10,14-15,17-21,23-25H,2,5-6,11-13,16H2,1H3,(H,26,27)/b4-3-,9-7-,10-8-,15-14+/t17-,18+,19+,20-,21+/m0/s1. The Morgan fingerprint density at radius 2 is 1.67 bits per heavy atom. The predicted octanol–water partition coefficient (Wildman–Crippen LogP) is 3.38. The van der Waals surface area contributed by atoms with Gasteiger partial charge in [-0.1, -0.05) is 55.5 Å². The molecule has 152 valence electrons. The first-order chi connectivity index (χ1) is 13.0. The van der Waals surface area contributed by atoms with Crippen molar-refractivity contribution in [2.45, 2.75) is 70.2 Å². The lowest BCUT2D eigenvalue weighted by molar-refractivity contribution is -0.136. The normalized spacial score (nSPS) is 27.6. The summed E-state index contributed by atoms with van der Waals surface area (Å²) in [6.07, 6.45) is 18.0. The monoisotopic (exact) mass is 378 g/mol. The van der Waals surface area contributed by atoms with Gasteiger partial charge in [0.25, 0.3) is 0 Å². The van der Waals surface area contributed by atoms with E-state index in [1.807, 2.05) is 49.5 Å². The molecule has 1 fully saturated rings. The molecular weight excluding hydrogens is 344 g/mol. The van der Waals surface area contributed by atoms with Crippen LogP contribution in [0, 0.1) is 11.8 Å². The quantitative estimate of drug-likeness (QED) is 0.390. The zero-order chi connectivity index (χ0) is 20.1. The van der Waals surface area contributed by atoms with E-state index < -0.39 is 24.3 Å². The van der Waals surface area contributed by atoms with Crippen LogP contribution in [0.15, 0.2) is 48.6 Å². The average Bonchev–Trinajstić information content (AvgIpc) is 2.90. The van der Waals surface area contributed by atoms with Gasteiger partial charge >= 0.3 is 5.97 Å². The summed E-state index contributed by atoms with van der Waals surface area (Å²) in [7, 11) is 0. The van der Waals surface area contributed by atoms with Crippen LogP contribution in [0.25, 0.3) is 0 Å². The zero-order valence-electron chi connectivity index (χ0n) is 16.2. The second-order valence-electron chi connectivity index (χ2n) is 7.03. The molecule has 5 nitrogen and oxygen atoms in total. The van der Waals surface area contributed by atoms with Crippen molar-refractivity contribution in [3.8, 4) is 0 Å². The summed E-state index contributed by atoms with van der Waals surface area (Å²) in [5, 5.41) is 38.5. The van der Waals surface area contributed by atoms with Gasteiger partial charge < -0.3 is 20.4 Å². The molecule has 5 heteroatoms. The summed E-state index contributed by atoms with van der Waals surface area (Å²) >= 11 is 0. The molecule has 0 spiro atoms. The number of rotatable bonds is 12. The topological polar surface area (TPSA) is 98.0 Å². The summed E-state index contributed by atoms with van der Waals surface area (Å²) in [6, 6.07) is 0. The maximum Gasteiger partial charge on any atom is 0.303 e. The van der Waals surface area contributed by atoms with E-state index in [1.165, 1.54) is 0 Å². The van der Waals surface area contributed by atoms with E-state index in [-0.39, 0.29) is 18.3 Å². The van der Waals surface area contributed by atoms with E-state index in [0.29, 0.717) is 25.7 Å². The second kappa shape index (κ2) is 13.5. The molecular formula is C22H34O5. The van der Waals surface area contributed by atoms with Crippen LogP contribution in [0.5, 0.6) is 0 Å². The Bertz CT molecular complexity index is 535. The van der Waals surface area contributed by atoms with Gasteiger partial charge in [0.05, 0.1) is 18.3 Å². The average molecular weight is 379 g/mol. The Morgan fingerprint density at radius 3 is 2.30 bits per heavy atom. The molecule has 0 saturated heterocycles. The van der Waals surface area contributed by atoms with E-state index in [1.54, 1.807) is 6.08 Å². The number of hydrogen-bond acceptors (Lipinski definition) is 4. The van der Waals surface area contributed by atoms with E-state index >= 15 is 0 Å². The van der Waals surface area contributed by atoms with Gasteiger partial charge in [-0.25, -0.2) is 0 Å². The molecule has 0 aromatic heterocycles. The number of carboxylic acid groups (broad SMARTS) is 1. The molecule has 27 heavy (non-hydrogen) atoms. The van der Waals surface area contributed by atoms with E-state index in [0.717, 1.165) is 12.8 Å². The number of carboxylic acids is 1. The van der Waals surface area contributed by atoms with Gasteiger partial charge in [-0.15, -0.1) is 0 Å². The highest BCUT2D eigenvalue weighted by molar-refractivity contribution is 5.66. The third-order valence-corrected chi connectivity index (χ3v) is 4.87. The van der Waals surface area contributed by atoms with Gasteiger partial charge in [0.1, 0.15) is 0 Å². The van der Waals surface area contributed by atoms with Crippen molar-refractivity contribution in [3.63, 3.8) is 0 Å². The number of aliphatic carboxylic acids is 1. The Labute approximate surface area is 162 Å². The SMILES string of the molecule is CC[C@H](O)/C=C/[C@@H]1[C@@H](C/C=C\C/C=C\C/C=C\CCC(=O)O)[C@@H](O)C[C@H]1O. The van der Waals surface area contributed by atoms with Crippen LogP contribution < -0.4 is 0 Å². The first-order valence-corrected chi connectivity index (χ1v) is 9.85. The number of hydrogen-bond donors (Lipinski definition) is 4. The van der Waals surface area contributed by atoms with Crippen molar-refractivity contribution in [1.82, 2.24) is 0 Å². The van der Waals surface area contributed by atoms with Crippen molar-refractivity contribution in [1.29, 1.82) is 0 Å². The molecule has 1 aliphatic carbocycles. The zero-order valence-corrected chi connectivity index (χ0v) is 16.2. The smallest absolute Gasteiger partial charge is 0.303 e. The van der Waals surface area contributed by atoms with Crippen molar-refractivity contribution in [2.75, 3.05) is 0 Å². The first-order valence-electron chi connectivity index (χ1n) is 9.85. The summed E-state index contributed by atoms with van der Waals surface area (Å²) in [6.45, 7) is 1.90. The summed E-state index contributed by atoms with van der Waals surface area (Å²) in [5.41, 5.74) is 0. The van der Waals surface area contributed by atoms with Crippen LogP contribution in [-0.2, 0) is 4.79 Å². The van der Waals surface area contributed by atoms with Crippen LogP contribution in [0.3, 0.4) is 0 Å². The highest BCUT2D eigenvalue weighted by atomic mass is 16.4. The minimum Gasteiger partial charge on any atom is -0.481 e. The molecule has 1 aliphatic rings. The molecule has 0 amide bonds. The molecule has 0 aromatic rings. The molecule has 5 atom stereocenters. The van der Waals surface area contributed by atoms with Crippen molar-refractivity contribution in [3.05, 3.63) is 48.6 Å². The third-order valence-electron chi connectivity index (χ3n) is 4.87. The number of allylic oxidation sites excluding steroid dienone is 6. The Hall–Kier alpha value is -1.69. The van der Waals surface area contributed by atoms with Crippen LogP contribution in [0.4, 0.5) is 0 Å². The van der Waals surface area contributed by atoms with Crippen LogP contribution >= 0.6 is 0 Å². The van der Waals surface area contributed by atoms with Gasteiger partial charge in [-0.05, 0) is 38.0 Å². The lowest BCUT2D eigenvalue weighted by Gasteiger charge is -2.19. The maximum atomic E-state index is 10.4. The van der Waals surface area contributed by atoms with Crippen molar-refractivity contribution in [2.24, 2.45) is 11.8 Å². The van der Waals surface area contributed by atoms with Crippen LogP contribution in [-0.4, -0.2) is 44.7 Å². The van der Waals surface area contributed by atoms with Gasteiger partial charge in [0.15, 0.2) is 0 Å². The fraction of sp³-hybridized carbons (Fsp3) is 0.591. The minimum absolute atomic E-state index is 0.0299. The van der Waals surface area contributed by atoms with E-state index in [9.17, 15) is 20.1 Å². The van der Waals surface area contributed by atoms with Crippen LogP contribution in [0.1, 0.15) is 51.9 Å². The van der Waals surface area contributed by atoms with E-state index in [4.69, 9.17) is 5.11 Å². The number of aliphatic hydroxyl groups is 3. The minimum atomic E-state index is -0.778. The maximum absolute atomic E-state index is 10.4. The van der Waals surface area contributed by atoms with Gasteiger partial charge in [-0.2, -0.15) is 0 Å². The molecule has 0 aliphatic heterocycles. The van der Waals surface area contributed by atoms with E-state index in [2.05, 4.69) is 0 Å². The lowest BCUT2D eigenvalue weighted by Crippen LogP contribution is -2.20. The van der Waals surface area contributed by atoms with Gasteiger partial charge in [0, 0.05) is 18.8 Å².